The van der Waals surface area contributed by atoms with E-state index in [-0.39, 0.29) is 6.54 Å². The van der Waals surface area contributed by atoms with Crippen molar-refractivity contribution in [2.24, 2.45) is 0 Å². The van der Waals surface area contributed by atoms with Gasteiger partial charge in [-0.1, -0.05) is 6.92 Å². The highest BCUT2D eigenvalue weighted by Gasteiger charge is 2.24. The summed E-state index contributed by atoms with van der Waals surface area (Å²) in [6.45, 7) is 2.84. The van der Waals surface area contributed by atoms with E-state index >= 15 is 0 Å². The first-order valence-corrected chi connectivity index (χ1v) is 6.83. The molecule has 2 N–H and O–H groups in total. The Labute approximate surface area is 105 Å². The van der Waals surface area contributed by atoms with Gasteiger partial charge in [-0.15, -0.1) is 0 Å². The van der Waals surface area contributed by atoms with E-state index in [0.717, 1.165) is 12.1 Å². The van der Waals surface area contributed by atoms with Crippen molar-refractivity contribution in [3.8, 4) is 0 Å². The summed E-state index contributed by atoms with van der Waals surface area (Å²) >= 11 is 0. The molecule has 0 aliphatic heterocycles. The molecule has 0 radical (unpaired) electrons. The number of rotatable bonds is 5. The standard InChI is InChI=1S/C11H15F2NO3S/c1-3-11(2,15)7-14-18(16,17)10-6-8(12)4-5-9(10)13/h4-6,14-15H,3,7H2,1-2H3. The molecule has 0 heterocycles. The lowest BCUT2D eigenvalue weighted by atomic mass is 10.1. The van der Waals surface area contributed by atoms with Gasteiger partial charge in [0.1, 0.15) is 16.5 Å². The van der Waals surface area contributed by atoms with Crippen LogP contribution in [0.1, 0.15) is 20.3 Å². The highest BCUT2D eigenvalue weighted by atomic mass is 32.2. The van der Waals surface area contributed by atoms with Crippen LogP contribution in [-0.4, -0.2) is 25.7 Å². The number of nitrogens with one attached hydrogen (secondary N) is 1. The van der Waals surface area contributed by atoms with Crippen LogP contribution in [-0.2, 0) is 10.0 Å². The maximum atomic E-state index is 13.3. The zero-order valence-corrected chi connectivity index (χ0v) is 10.9. The van der Waals surface area contributed by atoms with Crippen molar-refractivity contribution in [1.82, 2.24) is 4.72 Å². The van der Waals surface area contributed by atoms with Crippen LogP contribution in [0.4, 0.5) is 8.78 Å². The van der Waals surface area contributed by atoms with E-state index in [1.54, 1.807) is 6.92 Å². The Bertz CT molecular complexity index is 529. The second-order valence-electron chi connectivity index (χ2n) is 4.25. The summed E-state index contributed by atoms with van der Waals surface area (Å²) in [6, 6.07) is 2.16. The van der Waals surface area contributed by atoms with Crippen LogP contribution >= 0.6 is 0 Å². The maximum absolute atomic E-state index is 13.3. The molecule has 0 saturated carbocycles. The van der Waals surface area contributed by atoms with E-state index in [1.807, 2.05) is 0 Å². The third-order valence-electron chi connectivity index (χ3n) is 2.59. The molecule has 1 unspecified atom stereocenters. The summed E-state index contributed by atoms with van der Waals surface area (Å²) in [5, 5.41) is 9.66. The summed E-state index contributed by atoms with van der Waals surface area (Å²) in [7, 11) is -4.18. The van der Waals surface area contributed by atoms with Gasteiger partial charge in [-0.25, -0.2) is 21.9 Å². The molecule has 0 amide bonds. The third kappa shape index (κ3) is 3.72. The summed E-state index contributed by atoms with van der Waals surface area (Å²) in [5.41, 5.74) is -1.24. The molecule has 0 spiro atoms. The second kappa shape index (κ2) is 5.29. The lowest BCUT2D eigenvalue weighted by molar-refractivity contribution is 0.0613. The van der Waals surface area contributed by atoms with Crippen molar-refractivity contribution >= 4 is 10.0 Å². The molecular formula is C11H15F2NO3S. The highest BCUT2D eigenvalue weighted by molar-refractivity contribution is 7.89. The smallest absolute Gasteiger partial charge is 0.243 e. The summed E-state index contributed by atoms with van der Waals surface area (Å²) < 4.78 is 51.8. The normalized spacial score (nSPS) is 15.4. The van der Waals surface area contributed by atoms with Crippen LogP contribution in [0.5, 0.6) is 0 Å². The fourth-order valence-electron chi connectivity index (χ4n) is 1.14. The van der Waals surface area contributed by atoms with Crippen LogP contribution in [0.3, 0.4) is 0 Å². The van der Waals surface area contributed by atoms with Crippen molar-refractivity contribution in [2.75, 3.05) is 6.54 Å². The number of hydrogen-bond donors (Lipinski definition) is 2. The van der Waals surface area contributed by atoms with E-state index in [9.17, 15) is 22.3 Å². The average Bonchev–Trinajstić information content (AvgIpc) is 2.30. The number of halogens is 2. The first kappa shape index (κ1) is 15.0. The molecule has 0 aliphatic rings. The molecule has 0 fully saturated rings. The molecule has 102 valence electrons. The summed E-state index contributed by atoms with van der Waals surface area (Å²) in [5.74, 6) is -1.89. The quantitative estimate of drug-likeness (QED) is 0.856. The minimum absolute atomic E-state index is 0.276. The molecule has 0 aliphatic carbocycles. The molecule has 1 aromatic rings. The van der Waals surface area contributed by atoms with Crippen LogP contribution in [0.15, 0.2) is 23.1 Å². The van der Waals surface area contributed by atoms with Crippen molar-refractivity contribution in [3.63, 3.8) is 0 Å². The number of sulfonamides is 1. The van der Waals surface area contributed by atoms with E-state index in [2.05, 4.69) is 4.72 Å². The van der Waals surface area contributed by atoms with E-state index in [0.29, 0.717) is 12.5 Å². The van der Waals surface area contributed by atoms with Gasteiger partial charge in [-0.05, 0) is 31.5 Å². The Morgan fingerprint density at radius 3 is 2.56 bits per heavy atom. The molecule has 1 aromatic carbocycles. The van der Waals surface area contributed by atoms with Gasteiger partial charge in [0.2, 0.25) is 10.0 Å². The second-order valence-corrected chi connectivity index (χ2v) is 5.99. The van der Waals surface area contributed by atoms with Gasteiger partial charge in [0.05, 0.1) is 5.60 Å². The first-order valence-electron chi connectivity index (χ1n) is 5.35. The Morgan fingerprint density at radius 2 is 2.00 bits per heavy atom. The third-order valence-corrected chi connectivity index (χ3v) is 4.00. The SMILES string of the molecule is CCC(C)(O)CNS(=O)(=O)c1cc(F)ccc1F. The van der Waals surface area contributed by atoms with Gasteiger partial charge < -0.3 is 5.11 Å². The van der Waals surface area contributed by atoms with E-state index < -0.39 is 32.2 Å². The Balaban J connectivity index is 2.97. The Hall–Kier alpha value is -1.05. The van der Waals surface area contributed by atoms with Gasteiger partial charge in [0.15, 0.2) is 0 Å². The van der Waals surface area contributed by atoms with Gasteiger partial charge in [-0.2, -0.15) is 0 Å². The Kier molecular flexibility index (Phi) is 4.41. The molecule has 18 heavy (non-hydrogen) atoms. The molecule has 0 bridgehead atoms. The monoisotopic (exact) mass is 279 g/mol. The van der Waals surface area contributed by atoms with Crippen LogP contribution in [0, 0.1) is 11.6 Å². The lowest BCUT2D eigenvalue weighted by Gasteiger charge is -2.21. The predicted molar refractivity (Wildman–Crippen MR) is 62.5 cm³/mol. The molecule has 1 rings (SSSR count). The van der Waals surface area contributed by atoms with Crippen LogP contribution in [0.25, 0.3) is 0 Å². The number of hydrogen-bond acceptors (Lipinski definition) is 3. The van der Waals surface area contributed by atoms with Crippen molar-refractivity contribution < 1.29 is 22.3 Å². The van der Waals surface area contributed by atoms with E-state index in [1.165, 1.54) is 6.92 Å². The molecular weight excluding hydrogens is 264 g/mol. The predicted octanol–water partition coefficient (Wildman–Crippen LogP) is 1.40. The van der Waals surface area contributed by atoms with Crippen LogP contribution < -0.4 is 4.72 Å². The largest absolute Gasteiger partial charge is 0.389 e. The molecule has 0 aromatic heterocycles. The zero-order valence-electron chi connectivity index (χ0n) is 10.1. The minimum Gasteiger partial charge on any atom is -0.389 e. The summed E-state index contributed by atoms with van der Waals surface area (Å²) in [4.78, 5) is -0.769. The van der Waals surface area contributed by atoms with Crippen molar-refractivity contribution in [3.05, 3.63) is 29.8 Å². The van der Waals surface area contributed by atoms with Crippen molar-refractivity contribution in [1.29, 1.82) is 0 Å². The van der Waals surface area contributed by atoms with Crippen molar-refractivity contribution in [2.45, 2.75) is 30.8 Å². The minimum atomic E-state index is -4.18. The number of aliphatic hydroxyl groups is 1. The molecule has 1 atom stereocenters. The van der Waals surface area contributed by atoms with Crippen LogP contribution in [0.2, 0.25) is 0 Å². The van der Waals surface area contributed by atoms with Gasteiger partial charge >= 0.3 is 0 Å². The van der Waals surface area contributed by atoms with Gasteiger partial charge in [0.25, 0.3) is 0 Å². The maximum Gasteiger partial charge on any atom is 0.243 e. The number of benzene rings is 1. The first-order chi connectivity index (χ1) is 8.18. The topological polar surface area (TPSA) is 66.4 Å². The van der Waals surface area contributed by atoms with Gasteiger partial charge in [-0.3, -0.25) is 0 Å². The van der Waals surface area contributed by atoms with E-state index in [4.69, 9.17) is 0 Å². The summed E-state index contributed by atoms with van der Waals surface area (Å²) in [6.07, 6.45) is 0.321. The highest BCUT2D eigenvalue weighted by Crippen LogP contribution is 2.16. The fraction of sp³-hybridized carbons (Fsp3) is 0.455. The zero-order chi connectivity index (χ0) is 14.0. The molecule has 4 nitrogen and oxygen atoms in total. The van der Waals surface area contributed by atoms with Gasteiger partial charge in [0, 0.05) is 6.54 Å². The fourth-order valence-corrected chi connectivity index (χ4v) is 2.39. The lowest BCUT2D eigenvalue weighted by Crippen LogP contribution is -2.40. The Morgan fingerprint density at radius 1 is 1.39 bits per heavy atom. The molecule has 7 heteroatoms. The molecule has 0 saturated heterocycles. The average molecular weight is 279 g/mol.